The van der Waals surface area contributed by atoms with Crippen LogP contribution < -0.4 is 5.73 Å². The van der Waals surface area contributed by atoms with E-state index in [-0.39, 0.29) is 17.7 Å². The van der Waals surface area contributed by atoms with E-state index in [0.29, 0.717) is 5.75 Å². The molecule has 0 aliphatic carbocycles. The van der Waals surface area contributed by atoms with Crippen LogP contribution in [0.1, 0.15) is 18.1 Å². The van der Waals surface area contributed by atoms with Gasteiger partial charge in [-0.1, -0.05) is 6.07 Å². The predicted molar refractivity (Wildman–Crippen MR) is 60.2 cm³/mol. The van der Waals surface area contributed by atoms with Crippen molar-refractivity contribution in [1.82, 2.24) is 0 Å². The Balaban J connectivity index is 3.00. The number of benzene rings is 1. The van der Waals surface area contributed by atoms with Gasteiger partial charge in [0.25, 0.3) is 0 Å². The van der Waals surface area contributed by atoms with E-state index in [1.807, 2.05) is 0 Å². The number of nitrogens with two attached hydrogens (primary N) is 1. The molecule has 0 aliphatic rings. The molecule has 0 aromatic heterocycles. The summed E-state index contributed by atoms with van der Waals surface area (Å²) in [5.41, 5.74) is 4.51. The van der Waals surface area contributed by atoms with Crippen molar-refractivity contribution in [3.8, 4) is 0 Å². The maximum absolute atomic E-state index is 13.4. The SMILES string of the molecule is Nc1ccc(C(O)C(O)CCS)c(F)c1F. The minimum atomic E-state index is -1.48. The standard InChI is InChI=1S/C10H13F2NO2S/c11-8-5(1-2-6(13)9(8)12)10(15)7(14)3-4-16/h1-2,7,10,14-16H,3-4,13H2. The van der Waals surface area contributed by atoms with Crippen LogP contribution in [-0.4, -0.2) is 22.1 Å². The third-order valence-corrected chi connectivity index (χ3v) is 2.51. The fourth-order valence-electron chi connectivity index (χ4n) is 1.31. The molecule has 0 aliphatic heterocycles. The first-order chi connectivity index (χ1) is 7.49. The normalized spacial score (nSPS) is 14.8. The van der Waals surface area contributed by atoms with Crippen molar-refractivity contribution in [3.05, 3.63) is 29.3 Å². The van der Waals surface area contributed by atoms with Gasteiger partial charge in [0.1, 0.15) is 6.10 Å². The summed E-state index contributed by atoms with van der Waals surface area (Å²) in [6.07, 6.45) is -2.49. The Labute approximate surface area is 97.3 Å². The number of hydrogen-bond donors (Lipinski definition) is 4. The molecule has 4 N–H and O–H groups in total. The second-order valence-electron chi connectivity index (χ2n) is 3.40. The minimum Gasteiger partial charge on any atom is -0.396 e. The van der Waals surface area contributed by atoms with Crippen molar-refractivity contribution in [2.24, 2.45) is 0 Å². The van der Waals surface area contributed by atoms with E-state index in [9.17, 15) is 19.0 Å². The quantitative estimate of drug-likeness (QED) is 0.480. The topological polar surface area (TPSA) is 66.5 Å². The van der Waals surface area contributed by atoms with Crippen LogP contribution in [0.15, 0.2) is 12.1 Å². The smallest absolute Gasteiger partial charge is 0.182 e. The van der Waals surface area contributed by atoms with Gasteiger partial charge < -0.3 is 15.9 Å². The van der Waals surface area contributed by atoms with Crippen LogP contribution in [0.5, 0.6) is 0 Å². The Bertz CT molecular complexity index is 376. The van der Waals surface area contributed by atoms with E-state index >= 15 is 0 Å². The highest BCUT2D eigenvalue weighted by atomic mass is 32.1. The third kappa shape index (κ3) is 2.63. The van der Waals surface area contributed by atoms with Gasteiger partial charge >= 0.3 is 0 Å². The fourth-order valence-corrected chi connectivity index (χ4v) is 1.57. The summed E-state index contributed by atoms with van der Waals surface area (Å²) < 4.78 is 26.5. The summed E-state index contributed by atoms with van der Waals surface area (Å²) >= 11 is 3.87. The second kappa shape index (κ2) is 5.47. The average molecular weight is 249 g/mol. The molecule has 1 aromatic rings. The van der Waals surface area contributed by atoms with E-state index < -0.39 is 23.8 Å². The number of anilines is 1. The van der Waals surface area contributed by atoms with Gasteiger partial charge in [0.05, 0.1) is 11.8 Å². The third-order valence-electron chi connectivity index (χ3n) is 2.25. The monoisotopic (exact) mass is 249 g/mol. The molecule has 2 atom stereocenters. The fraction of sp³-hybridized carbons (Fsp3) is 0.400. The Morgan fingerprint density at radius 1 is 1.25 bits per heavy atom. The molecular formula is C10H13F2NO2S. The summed E-state index contributed by atoms with van der Waals surface area (Å²) in [6.45, 7) is 0. The number of rotatable bonds is 4. The molecule has 0 radical (unpaired) electrons. The predicted octanol–water partition coefficient (Wildman–Crippen LogP) is 1.26. The van der Waals surface area contributed by atoms with Crippen LogP contribution >= 0.6 is 12.6 Å². The van der Waals surface area contributed by atoms with E-state index in [0.717, 1.165) is 12.1 Å². The van der Waals surface area contributed by atoms with Crippen molar-refractivity contribution >= 4 is 18.3 Å². The van der Waals surface area contributed by atoms with Crippen molar-refractivity contribution in [2.45, 2.75) is 18.6 Å². The first kappa shape index (κ1) is 13.2. The zero-order valence-electron chi connectivity index (χ0n) is 8.40. The number of hydrogen-bond acceptors (Lipinski definition) is 4. The number of thiol groups is 1. The van der Waals surface area contributed by atoms with E-state index in [1.54, 1.807) is 0 Å². The molecule has 1 aromatic carbocycles. The lowest BCUT2D eigenvalue weighted by atomic mass is 10.0. The van der Waals surface area contributed by atoms with Crippen molar-refractivity contribution in [1.29, 1.82) is 0 Å². The highest BCUT2D eigenvalue weighted by Crippen LogP contribution is 2.26. The maximum Gasteiger partial charge on any atom is 0.182 e. The Hall–Kier alpha value is -0.850. The van der Waals surface area contributed by atoms with Crippen LogP contribution in [0, 0.1) is 11.6 Å². The second-order valence-corrected chi connectivity index (χ2v) is 3.84. The molecule has 1 rings (SSSR count). The van der Waals surface area contributed by atoms with Gasteiger partial charge in [-0.15, -0.1) is 0 Å². The Morgan fingerprint density at radius 2 is 1.88 bits per heavy atom. The largest absolute Gasteiger partial charge is 0.396 e. The highest BCUT2D eigenvalue weighted by Gasteiger charge is 2.23. The van der Waals surface area contributed by atoms with E-state index in [2.05, 4.69) is 12.6 Å². The molecule has 0 spiro atoms. The zero-order valence-corrected chi connectivity index (χ0v) is 9.29. The Kier molecular flexibility index (Phi) is 4.52. The lowest BCUT2D eigenvalue weighted by Gasteiger charge is -2.18. The summed E-state index contributed by atoms with van der Waals surface area (Å²) in [7, 11) is 0. The van der Waals surface area contributed by atoms with Crippen LogP contribution in [0.25, 0.3) is 0 Å². The van der Waals surface area contributed by atoms with Gasteiger partial charge in [-0.3, -0.25) is 0 Å². The lowest BCUT2D eigenvalue weighted by molar-refractivity contribution is 0.0148. The van der Waals surface area contributed by atoms with Crippen molar-refractivity contribution in [3.63, 3.8) is 0 Å². The van der Waals surface area contributed by atoms with Crippen LogP contribution in [0.4, 0.5) is 14.5 Å². The summed E-state index contributed by atoms with van der Waals surface area (Å²) in [5, 5.41) is 19.0. The van der Waals surface area contributed by atoms with E-state index in [4.69, 9.17) is 5.73 Å². The zero-order chi connectivity index (χ0) is 12.3. The van der Waals surface area contributed by atoms with Gasteiger partial charge in [0.2, 0.25) is 0 Å². The van der Waals surface area contributed by atoms with Crippen LogP contribution in [0.2, 0.25) is 0 Å². The van der Waals surface area contributed by atoms with Crippen molar-refractivity contribution < 1.29 is 19.0 Å². The highest BCUT2D eigenvalue weighted by molar-refractivity contribution is 7.80. The summed E-state index contributed by atoms with van der Waals surface area (Å²) in [6, 6.07) is 2.30. The Morgan fingerprint density at radius 3 is 2.44 bits per heavy atom. The van der Waals surface area contributed by atoms with Crippen molar-refractivity contribution in [2.75, 3.05) is 11.5 Å². The molecule has 90 valence electrons. The van der Waals surface area contributed by atoms with Gasteiger partial charge in [0.15, 0.2) is 11.6 Å². The van der Waals surface area contributed by atoms with Gasteiger partial charge in [-0.2, -0.15) is 12.6 Å². The molecule has 6 heteroatoms. The lowest BCUT2D eigenvalue weighted by Crippen LogP contribution is -2.20. The molecule has 16 heavy (non-hydrogen) atoms. The maximum atomic E-state index is 13.4. The van der Waals surface area contributed by atoms with Crippen LogP contribution in [-0.2, 0) is 0 Å². The molecule has 2 unspecified atom stereocenters. The van der Waals surface area contributed by atoms with Gasteiger partial charge in [-0.25, -0.2) is 8.78 Å². The molecule has 0 amide bonds. The van der Waals surface area contributed by atoms with Gasteiger partial charge in [0, 0.05) is 5.56 Å². The molecule has 0 fully saturated rings. The molecular weight excluding hydrogens is 236 g/mol. The molecule has 0 saturated heterocycles. The van der Waals surface area contributed by atoms with Gasteiger partial charge in [-0.05, 0) is 18.2 Å². The molecule has 0 bridgehead atoms. The first-order valence-corrected chi connectivity index (χ1v) is 5.32. The summed E-state index contributed by atoms with van der Waals surface area (Å²) in [4.78, 5) is 0. The molecule has 0 heterocycles. The summed E-state index contributed by atoms with van der Waals surface area (Å²) in [5.74, 6) is -2.11. The minimum absolute atomic E-state index is 0.176. The number of halogens is 2. The van der Waals surface area contributed by atoms with Crippen LogP contribution in [0.3, 0.4) is 0 Å². The molecule has 3 nitrogen and oxygen atoms in total. The average Bonchev–Trinajstić information content (AvgIpc) is 2.26. The number of aliphatic hydroxyl groups is 2. The first-order valence-electron chi connectivity index (χ1n) is 4.69. The number of nitrogen functional groups attached to an aromatic ring is 1. The van der Waals surface area contributed by atoms with E-state index in [1.165, 1.54) is 0 Å². The number of aliphatic hydroxyl groups excluding tert-OH is 2. The molecule has 0 saturated carbocycles.